The van der Waals surface area contributed by atoms with Gasteiger partial charge in [0.25, 0.3) is 0 Å². The molecule has 6 nitrogen and oxygen atoms in total. The molecule has 0 radical (unpaired) electrons. The van der Waals surface area contributed by atoms with E-state index in [0.717, 1.165) is 5.56 Å². The van der Waals surface area contributed by atoms with Crippen LogP contribution in [0, 0.1) is 5.82 Å². The number of hydrogen-bond acceptors (Lipinski definition) is 3. The summed E-state index contributed by atoms with van der Waals surface area (Å²) in [5.41, 5.74) is 0.793. The molecule has 2 amide bonds. The summed E-state index contributed by atoms with van der Waals surface area (Å²) >= 11 is 3.14. The maximum absolute atomic E-state index is 13.3. The molecule has 0 spiro atoms. The lowest BCUT2D eigenvalue weighted by Crippen LogP contribution is -2.47. The van der Waals surface area contributed by atoms with Gasteiger partial charge in [0.2, 0.25) is 0 Å². The lowest BCUT2D eigenvalue weighted by molar-refractivity contribution is -0.137. The van der Waals surface area contributed by atoms with Crippen LogP contribution in [0.15, 0.2) is 22.7 Å². The number of carboxylic acids is 1. The second-order valence-corrected chi connectivity index (χ2v) is 6.06. The molecule has 0 bridgehead atoms. The molecule has 8 heteroatoms. The summed E-state index contributed by atoms with van der Waals surface area (Å²) in [7, 11) is 0. The average molecular weight is 389 g/mol. The summed E-state index contributed by atoms with van der Waals surface area (Å²) in [4.78, 5) is 24.1. The van der Waals surface area contributed by atoms with Crippen LogP contribution in [0.3, 0.4) is 0 Å². The zero-order chi connectivity index (χ0) is 16.8. The first-order valence-corrected chi connectivity index (χ1v) is 8.08. The number of benzene rings is 1. The van der Waals surface area contributed by atoms with E-state index in [-0.39, 0.29) is 24.4 Å². The number of urea groups is 1. The summed E-state index contributed by atoms with van der Waals surface area (Å²) < 4.78 is 19.3. The Bertz CT molecular complexity index is 585. The molecule has 1 aliphatic rings. The van der Waals surface area contributed by atoms with Gasteiger partial charge in [-0.25, -0.2) is 9.18 Å². The predicted molar refractivity (Wildman–Crippen MR) is 84.6 cm³/mol. The van der Waals surface area contributed by atoms with Gasteiger partial charge in [-0.3, -0.25) is 4.79 Å². The van der Waals surface area contributed by atoms with E-state index in [1.807, 2.05) is 0 Å². The number of aliphatic carboxylic acids is 1. The van der Waals surface area contributed by atoms with Gasteiger partial charge in [-0.05, 0) is 40.0 Å². The third-order valence-corrected chi connectivity index (χ3v) is 4.12. The largest absolute Gasteiger partial charge is 0.481 e. The van der Waals surface area contributed by atoms with E-state index in [2.05, 4.69) is 21.2 Å². The van der Waals surface area contributed by atoms with Crippen LogP contribution in [0.2, 0.25) is 0 Å². The van der Waals surface area contributed by atoms with Crippen molar-refractivity contribution in [3.63, 3.8) is 0 Å². The summed E-state index contributed by atoms with van der Waals surface area (Å²) in [6, 6.07) is 4.39. The fourth-order valence-electron chi connectivity index (χ4n) is 2.29. The van der Waals surface area contributed by atoms with Crippen LogP contribution in [0.5, 0.6) is 0 Å². The minimum Gasteiger partial charge on any atom is -0.481 e. The Kier molecular flexibility index (Phi) is 6.35. The van der Waals surface area contributed by atoms with Gasteiger partial charge in [0, 0.05) is 19.5 Å². The van der Waals surface area contributed by atoms with E-state index in [9.17, 15) is 14.0 Å². The molecular weight excluding hydrogens is 371 g/mol. The molecule has 2 rings (SSSR count). The lowest BCUT2D eigenvalue weighted by Gasteiger charge is -2.33. The van der Waals surface area contributed by atoms with Crippen molar-refractivity contribution in [1.82, 2.24) is 10.2 Å². The van der Waals surface area contributed by atoms with Crippen LogP contribution in [-0.4, -0.2) is 48.2 Å². The SMILES string of the molecule is O=C(O)CCCNC(=O)N1CCOC(c2ccc(F)c(Br)c2)C1. The minimum absolute atomic E-state index is 0.0234. The molecule has 1 fully saturated rings. The van der Waals surface area contributed by atoms with Crippen molar-refractivity contribution in [1.29, 1.82) is 0 Å². The molecular formula is C15H18BrFN2O4. The Balaban J connectivity index is 1.88. The molecule has 0 aromatic heterocycles. The molecule has 1 atom stereocenters. The second-order valence-electron chi connectivity index (χ2n) is 5.21. The van der Waals surface area contributed by atoms with E-state index in [1.165, 1.54) is 6.07 Å². The number of carbonyl (C=O) groups excluding carboxylic acids is 1. The van der Waals surface area contributed by atoms with Crippen LogP contribution >= 0.6 is 15.9 Å². The van der Waals surface area contributed by atoms with Gasteiger partial charge in [0.05, 0.1) is 17.6 Å². The molecule has 23 heavy (non-hydrogen) atoms. The van der Waals surface area contributed by atoms with Crippen LogP contribution in [0.4, 0.5) is 9.18 Å². The number of morpholine rings is 1. The molecule has 0 saturated carbocycles. The molecule has 1 aromatic carbocycles. The fourth-order valence-corrected chi connectivity index (χ4v) is 2.69. The highest BCUT2D eigenvalue weighted by molar-refractivity contribution is 9.10. The quantitative estimate of drug-likeness (QED) is 0.759. The number of rotatable bonds is 5. The van der Waals surface area contributed by atoms with E-state index >= 15 is 0 Å². The molecule has 1 unspecified atom stereocenters. The van der Waals surface area contributed by atoms with Crippen molar-refractivity contribution in [3.8, 4) is 0 Å². The third-order valence-electron chi connectivity index (χ3n) is 3.51. The Labute approximate surface area is 141 Å². The van der Waals surface area contributed by atoms with Crippen molar-refractivity contribution in [2.75, 3.05) is 26.2 Å². The first-order chi connectivity index (χ1) is 11.0. The maximum Gasteiger partial charge on any atom is 0.317 e. The highest BCUT2D eigenvalue weighted by Gasteiger charge is 2.25. The first-order valence-electron chi connectivity index (χ1n) is 7.28. The summed E-state index contributed by atoms with van der Waals surface area (Å²) in [6.07, 6.45) is 0.0977. The smallest absolute Gasteiger partial charge is 0.317 e. The van der Waals surface area contributed by atoms with Crippen LogP contribution in [0.25, 0.3) is 0 Å². The van der Waals surface area contributed by atoms with Gasteiger partial charge < -0.3 is 20.1 Å². The van der Waals surface area contributed by atoms with Crippen molar-refractivity contribution in [3.05, 3.63) is 34.1 Å². The molecule has 1 saturated heterocycles. The molecule has 0 aliphatic carbocycles. The van der Waals surface area contributed by atoms with Gasteiger partial charge in [-0.1, -0.05) is 6.07 Å². The zero-order valence-electron chi connectivity index (χ0n) is 12.4. The average Bonchev–Trinajstić information content (AvgIpc) is 2.54. The van der Waals surface area contributed by atoms with Gasteiger partial charge in [-0.2, -0.15) is 0 Å². The van der Waals surface area contributed by atoms with Crippen molar-refractivity contribution in [2.45, 2.75) is 18.9 Å². The molecule has 1 aliphatic heterocycles. The highest BCUT2D eigenvalue weighted by atomic mass is 79.9. The summed E-state index contributed by atoms with van der Waals surface area (Å²) in [6.45, 7) is 1.53. The van der Waals surface area contributed by atoms with Gasteiger partial charge >= 0.3 is 12.0 Å². The molecule has 126 valence electrons. The van der Waals surface area contributed by atoms with Gasteiger partial charge in [0.1, 0.15) is 11.9 Å². The highest BCUT2D eigenvalue weighted by Crippen LogP contribution is 2.26. The van der Waals surface area contributed by atoms with Crippen LogP contribution < -0.4 is 5.32 Å². The maximum atomic E-state index is 13.3. The number of nitrogens with one attached hydrogen (secondary N) is 1. The molecule has 1 heterocycles. The molecule has 1 aromatic rings. The van der Waals surface area contributed by atoms with Gasteiger partial charge in [0.15, 0.2) is 0 Å². The van der Waals surface area contributed by atoms with E-state index in [0.29, 0.717) is 37.1 Å². The van der Waals surface area contributed by atoms with E-state index in [4.69, 9.17) is 9.84 Å². The van der Waals surface area contributed by atoms with Crippen LogP contribution in [-0.2, 0) is 9.53 Å². The number of halogens is 2. The first kappa shape index (κ1) is 17.7. The van der Waals surface area contributed by atoms with Crippen molar-refractivity contribution < 1.29 is 23.8 Å². The standard InChI is InChI=1S/C15H18BrFN2O4/c16-11-8-10(3-4-12(11)17)13-9-19(6-7-23-13)15(22)18-5-1-2-14(20)21/h3-4,8,13H,1-2,5-7,9H2,(H,18,22)(H,20,21). The van der Waals surface area contributed by atoms with Gasteiger partial charge in [-0.15, -0.1) is 0 Å². The normalized spacial score (nSPS) is 17.8. The third kappa shape index (κ3) is 5.18. The summed E-state index contributed by atoms with van der Waals surface area (Å²) in [5.74, 6) is -1.23. The van der Waals surface area contributed by atoms with E-state index in [1.54, 1.807) is 17.0 Å². The number of carbonyl (C=O) groups is 2. The Hall–Kier alpha value is -1.67. The van der Waals surface area contributed by atoms with Crippen molar-refractivity contribution in [2.24, 2.45) is 0 Å². The topological polar surface area (TPSA) is 78.9 Å². The molecule has 2 N–H and O–H groups in total. The second kappa shape index (κ2) is 8.26. The predicted octanol–water partition coefficient (Wildman–Crippen LogP) is 2.54. The number of amides is 2. The Morgan fingerprint density at radius 2 is 2.26 bits per heavy atom. The number of hydrogen-bond donors (Lipinski definition) is 2. The Morgan fingerprint density at radius 1 is 1.48 bits per heavy atom. The number of ether oxygens (including phenoxy) is 1. The van der Waals surface area contributed by atoms with Crippen molar-refractivity contribution >= 4 is 27.9 Å². The van der Waals surface area contributed by atoms with Crippen LogP contribution in [0.1, 0.15) is 24.5 Å². The monoisotopic (exact) mass is 388 g/mol. The number of nitrogens with zero attached hydrogens (tertiary/aromatic N) is 1. The Morgan fingerprint density at radius 3 is 2.96 bits per heavy atom. The lowest BCUT2D eigenvalue weighted by atomic mass is 10.1. The zero-order valence-corrected chi connectivity index (χ0v) is 14.0. The minimum atomic E-state index is -0.882. The number of carboxylic acid groups (broad SMARTS) is 1. The summed E-state index contributed by atoms with van der Waals surface area (Å²) in [5, 5.41) is 11.3. The fraction of sp³-hybridized carbons (Fsp3) is 0.467. The van der Waals surface area contributed by atoms with E-state index < -0.39 is 5.97 Å².